The number of benzene rings is 2. The molecule has 0 aliphatic carbocycles. The Morgan fingerprint density at radius 1 is 0.885 bits per heavy atom. The Bertz CT molecular complexity index is 1080. The van der Waals surface area contributed by atoms with E-state index in [1.165, 1.54) is 6.92 Å². The molecule has 126 valence electrons. The van der Waals surface area contributed by atoms with Crippen molar-refractivity contribution in [3.63, 3.8) is 0 Å². The van der Waals surface area contributed by atoms with Gasteiger partial charge in [0.15, 0.2) is 11.6 Å². The summed E-state index contributed by atoms with van der Waals surface area (Å²) in [5, 5.41) is 0.820. The lowest BCUT2D eigenvalue weighted by Crippen LogP contribution is -1.97. The van der Waals surface area contributed by atoms with Crippen LogP contribution < -0.4 is 4.74 Å². The Morgan fingerprint density at radius 3 is 2.35 bits per heavy atom. The lowest BCUT2D eigenvalue weighted by molar-refractivity contribution is 0.101. The second-order valence-corrected chi connectivity index (χ2v) is 5.79. The molecule has 0 radical (unpaired) electrons. The number of nitrogens with zero attached hydrogens (tertiary/aromatic N) is 3. The van der Waals surface area contributed by atoms with E-state index in [9.17, 15) is 4.79 Å². The minimum atomic E-state index is 0.0176. The summed E-state index contributed by atoms with van der Waals surface area (Å²) >= 11 is 0. The maximum atomic E-state index is 11.4. The van der Waals surface area contributed by atoms with Crippen molar-refractivity contribution in [3.05, 3.63) is 78.6 Å². The van der Waals surface area contributed by atoms with Crippen LogP contribution in [0.25, 0.3) is 22.3 Å². The third-order valence-corrected chi connectivity index (χ3v) is 3.98. The molecule has 2 heterocycles. The quantitative estimate of drug-likeness (QED) is 0.504. The van der Waals surface area contributed by atoms with Gasteiger partial charge in [0.05, 0.1) is 10.9 Å². The van der Waals surface area contributed by atoms with Crippen molar-refractivity contribution in [2.75, 3.05) is 0 Å². The van der Waals surface area contributed by atoms with Crippen LogP contribution in [0.3, 0.4) is 0 Å². The largest absolute Gasteiger partial charge is 0.438 e. The second kappa shape index (κ2) is 6.72. The molecule has 4 aromatic rings. The highest BCUT2D eigenvalue weighted by Gasteiger charge is 2.11. The first-order chi connectivity index (χ1) is 12.7. The van der Waals surface area contributed by atoms with Crippen LogP contribution in [0, 0.1) is 0 Å². The molecule has 2 aromatic heterocycles. The fraction of sp³-hybridized carbons (Fsp3) is 0.0476. The molecule has 0 saturated carbocycles. The van der Waals surface area contributed by atoms with E-state index in [0.717, 1.165) is 16.5 Å². The highest BCUT2D eigenvalue weighted by molar-refractivity contribution is 5.94. The predicted octanol–water partition coefficient (Wildman–Crippen LogP) is 4.69. The van der Waals surface area contributed by atoms with E-state index in [0.29, 0.717) is 23.0 Å². The number of rotatable bonds is 4. The SMILES string of the molecule is CC(=O)c1ccc(Oc2nc(-c3ccncc3)nc3ccccc23)cc1. The maximum Gasteiger partial charge on any atom is 0.230 e. The number of aromatic nitrogens is 3. The Labute approximate surface area is 150 Å². The number of hydrogen-bond acceptors (Lipinski definition) is 5. The van der Waals surface area contributed by atoms with Crippen molar-refractivity contribution in [2.45, 2.75) is 6.92 Å². The first kappa shape index (κ1) is 15.9. The summed E-state index contributed by atoms with van der Waals surface area (Å²) in [7, 11) is 0. The van der Waals surface area contributed by atoms with Gasteiger partial charge in [-0.3, -0.25) is 9.78 Å². The number of carbonyl (C=O) groups excluding carboxylic acids is 1. The van der Waals surface area contributed by atoms with E-state index < -0.39 is 0 Å². The van der Waals surface area contributed by atoms with E-state index in [4.69, 9.17) is 4.74 Å². The average Bonchev–Trinajstić information content (AvgIpc) is 2.69. The van der Waals surface area contributed by atoms with E-state index >= 15 is 0 Å². The van der Waals surface area contributed by atoms with Crippen molar-refractivity contribution >= 4 is 16.7 Å². The Balaban J connectivity index is 1.79. The lowest BCUT2D eigenvalue weighted by Gasteiger charge is -2.10. The van der Waals surface area contributed by atoms with Gasteiger partial charge in [-0.15, -0.1) is 0 Å². The van der Waals surface area contributed by atoms with E-state index in [-0.39, 0.29) is 5.78 Å². The monoisotopic (exact) mass is 341 g/mol. The molecule has 5 nitrogen and oxygen atoms in total. The molecule has 0 amide bonds. The van der Waals surface area contributed by atoms with Crippen molar-refractivity contribution in [3.8, 4) is 23.0 Å². The van der Waals surface area contributed by atoms with Gasteiger partial charge < -0.3 is 4.74 Å². The molecule has 2 aromatic carbocycles. The number of ether oxygens (including phenoxy) is 1. The first-order valence-corrected chi connectivity index (χ1v) is 8.17. The van der Waals surface area contributed by atoms with Crippen LogP contribution in [0.4, 0.5) is 0 Å². The first-order valence-electron chi connectivity index (χ1n) is 8.17. The highest BCUT2D eigenvalue weighted by Crippen LogP contribution is 2.30. The number of pyridine rings is 1. The fourth-order valence-corrected chi connectivity index (χ4v) is 2.62. The van der Waals surface area contributed by atoms with Crippen molar-refractivity contribution in [2.24, 2.45) is 0 Å². The van der Waals surface area contributed by atoms with E-state index in [1.807, 2.05) is 36.4 Å². The van der Waals surface area contributed by atoms with Gasteiger partial charge in [-0.2, -0.15) is 4.98 Å². The third-order valence-electron chi connectivity index (χ3n) is 3.98. The van der Waals surface area contributed by atoms with Crippen LogP contribution in [0.2, 0.25) is 0 Å². The summed E-state index contributed by atoms with van der Waals surface area (Å²) in [6.45, 7) is 1.54. The van der Waals surface area contributed by atoms with Crippen LogP contribution in [0.5, 0.6) is 11.6 Å². The molecule has 0 aliphatic rings. The number of para-hydroxylation sites is 1. The van der Waals surface area contributed by atoms with Gasteiger partial charge in [-0.05, 0) is 55.5 Å². The standard InChI is InChI=1S/C21H15N3O2/c1-14(25)15-6-8-17(9-7-15)26-21-18-4-2-3-5-19(18)23-20(24-21)16-10-12-22-13-11-16/h2-13H,1H3. The average molecular weight is 341 g/mol. The van der Waals surface area contributed by atoms with Gasteiger partial charge in [-0.1, -0.05) is 12.1 Å². The fourth-order valence-electron chi connectivity index (χ4n) is 2.62. The third kappa shape index (κ3) is 3.15. The Kier molecular flexibility index (Phi) is 4.11. The van der Waals surface area contributed by atoms with Crippen LogP contribution >= 0.6 is 0 Å². The minimum Gasteiger partial charge on any atom is -0.438 e. The number of carbonyl (C=O) groups is 1. The van der Waals surface area contributed by atoms with Crippen LogP contribution in [-0.2, 0) is 0 Å². The van der Waals surface area contributed by atoms with Gasteiger partial charge >= 0.3 is 0 Å². The molecule has 0 bridgehead atoms. The molecule has 0 N–H and O–H groups in total. The van der Waals surface area contributed by atoms with Crippen LogP contribution in [-0.4, -0.2) is 20.7 Å². The zero-order valence-electron chi connectivity index (χ0n) is 14.1. The molecule has 0 aliphatic heterocycles. The number of hydrogen-bond donors (Lipinski definition) is 0. The van der Waals surface area contributed by atoms with Gasteiger partial charge in [-0.25, -0.2) is 4.98 Å². The van der Waals surface area contributed by atoms with E-state index in [1.54, 1.807) is 36.7 Å². The summed E-state index contributed by atoms with van der Waals surface area (Å²) < 4.78 is 6.01. The molecule has 0 fully saturated rings. The highest BCUT2D eigenvalue weighted by atomic mass is 16.5. The van der Waals surface area contributed by atoms with Crippen molar-refractivity contribution in [1.82, 2.24) is 15.0 Å². The van der Waals surface area contributed by atoms with Gasteiger partial charge in [0, 0.05) is 23.5 Å². The molecule has 0 unspecified atom stereocenters. The molecule has 0 saturated heterocycles. The molecular formula is C21H15N3O2. The summed E-state index contributed by atoms with van der Waals surface area (Å²) in [6, 6.07) is 18.4. The molecule has 4 rings (SSSR count). The van der Waals surface area contributed by atoms with Crippen LogP contribution in [0.1, 0.15) is 17.3 Å². The smallest absolute Gasteiger partial charge is 0.230 e. The normalized spacial score (nSPS) is 10.7. The number of fused-ring (bicyclic) bond motifs is 1. The molecule has 26 heavy (non-hydrogen) atoms. The molecule has 0 atom stereocenters. The Morgan fingerprint density at radius 2 is 1.62 bits per heavy atom. The predicted molar refractivity (Wildman–Crippen MR) is 99.3 cm³/mol. The van der Waals surface area contributed by atoms with Crippen molar-refractivity contribution < 1.29 is 9.53 Å². The maximum absolute atomic E-state index is 11.4. The Hall–Kier alpha value is -3.60. The minimum absolute atomic E-state index is 0.0176. The summed E-state index contributed by atoms with van der Waals surface area (Å²) in [5.74, 6) is 1.67. The lowest BCUT2D eigenvalue weighted by atomic mass is 10.1. The summed E-state index contributed by atoms with van der Waals surface area (Å²) in [5.41, 5.74) is 2.30. The van der Waals surface area contributed by atoms with Gasteiger partial charge in [0.2, 0.25) is 5.88 Å². The van der Waals surface area contributed by atoms with Crippen LogP contribution in [0.15, 0.2) is 73.1 Å². The summed E-state index contributed by atoms with van der Waals surface area (Å²) in [6.07, 6.45) is 3.41. The summed E-state index contributed by atoms with van der Waals surface area (Å²) in [4.78, 5) is 24.7. The zero-order valence-corrected chi connectivity index (χ0v) is 14.1. The topological polar surface area (TPSA) is 65.0 Å². The van der Waals surface area contributed by atoms with Crippen molar-refractivity contribution in [1.29, 1.82) is 0 Å². The molecular weight excluding hydrogens is 326 g/mol. The second-order valence-electron chi connectivity index (χ2n) is 5.79. The number of Topliss-reactive ketones (excluding diaryl/α,β-unsaturated/α-hetero) is 1. The van der Waals surface area contributed by atoms with Gasteiger partial charge in [0.1, 0.15) is 5.75 Å². The zero-order chi connectivity index (χ0) is 17.9. The van der Waals surface area contributed by atoms with Gasteiger partial charge in [0.25, 0.3) is 0 Å². The molecule has 5 heteroatoms. The molecule has 0 spiro atoms. The van der Waals surface area contributed by atoms with E-state index in [2.05, 4.69) is 15.0 Å². The number of ketones is 1.